The second-order valence-electron chi connectivity index (χ2n) is 6.90. The van der Waals surface area contributed by atoms with E-state index in [0.717, 1.165) is 11.0 Å². The Kier molecular flexibility index (Phi) is 8.88. The van der Waals surface area contributed by atoms with Crippen LogP contribution in [0.3, 0.4) is 0 Å². The van der Waals surface area contributed by atoms with Gasteiger partial charge >= 0.3 is 6.18 Å². The summed E-state index contributed by atoms with van der Waals surface area (Å²) in [7, 11) is 1.82. The van der Waals surface area contributed by atoms with Crippen molar-refractivity contribution in [3.8, 4) is 0 Å². The summed E-state index contributed by atoms with van der Waals surface area (Å²) in [6, 6.07) is -0.0556. The molecular formula is C17H27F3IN9. The van der Waals surface area contributed by atoms with Gasteiger partial charge < -0.3 is 16.0 Å². The average Bonchev–Trinajstić information content (AvgIpc) is 3.24. The first-order chi connectivity index (χ1) is 13.9. The van der Waals surface area contributed by atoms with Gasteiger partial charge in [0.1, 0.15) is 12.1 Å². The fraction of sp³-hybridized carbons (Fsp3) is 0.647. The molecular weight excluding hydrogens is 514 g/mol. The highest BCUT2D eigenvalue weighted by atomic mass is 127. The van der Waals surface area contributed by atoms with E-state index in [2.05, 4.69) is 36.0 Å². The Morgan fingerprint density at radius 2 is 2.13 bits per heavy atom. The summed E-state index contributed by atoms with van der Waals surface area (Å²) in [5, 5.41) is 14.6. The van der Waals surface area contributed by atoms with Gasteiger partial charge in [-0.05, 0) is 13.3 Å². The highest BCUT2D eigenvalue weighted by molar-refractivity contribution is 14.0. The number of guanidine groups is 1. The third kappa shape index (κ3) is 6.82. The lowest BCUT2D eigenvalue weighted by Crippen LogP contribution is -2.45. The Hall–Kier alpha value is -1.90. The highest BCUT2D eigenvalue weighted by Gasteiger charge is 2.34. The first kappa shape index (κ1) is 24.4. The van der Waals surface area contributed by atoms with Crippen molar-refractivity contribution in [2.24, 2.45) is 12.0 Å². The number of fused-ring (bicyclic) bond motifs is 1. The van der Waals surface area contributed by atoms with Gasteiger partial charge in [-0.1, -0.05) is 0 Å². The van der Waals surface area contributed by atoms with Crippen molar-refractivity contribution in [1.82, 2.24) is 35.3 Å². The number of hydrogen-bond acceptors (Lipinski definition) is 6. The van der Waals surface area contributed by atoms with Crippen molar-refractivity contribution in [3.05, 3.63) is 12.5 Å². The van der Waals surface area contributed by atoms with Crippen LogP contribution in [0.5, 0.6) is 0 Å². The zero-order valence-corrected chi connectivity index (χ0v) is 19.2. The second-order valence-corrected chi connectivity index (χ2v) is 6.90. The van der Waals surface area contributed by atoms with Crippen LogP contribution in [-0.2, 0) is 7.05 Å². The molecule has 2 aromatic heterocycles. The molecule has 3 rings (SSSR count). The van der Waals surface area contributed by atoms with Gasteiger partial charge in [0, 0.05) is 39.3 Å². The van der Waals surface area contributed by atoms with Crippen LogP contribution < -0.4 is 16.0 Å². The van der Waals surface area contributed by atoms with Crippen molar-refractivity contribution >= 4 is 46.8 Å². The number of aromatic nitrogens is 4. The lowest BCUT2D eigenvalue weighted by atomic mass is 10.3. The summed E-state index contributed by atoms with van der Waals surface area (Å²) < 4.78 is 39.3. The topological polar surface area (TPSA) is 95.3 Å². The third-order valence-electron chi connectivity index (χ3n) is 4.56. The predicted molar refractivity (Wildman–Crippen MR) is 120 cm³/mol. The molecule has 1 fully saturated rings. The molecule has 3 N–H and O–H groups in total. The van der Waals surface area contributed by atoms with E-state index in [0.29, 0.717) is 50.9 Å². The number of aryl methyl sites for hydroxylation is 1. The number of likely N-dealkylation sites (tertiary alicyclic amines) is 1. The number of anilines is 1. The minimum absolute atomic E-state index is 0. The van der Waals surface area contributed by atoms with Crippen molar-refractivity contribution in [2.75, 3.05) is 44.6 Å². The van der Waals surface area contributed by atoms with Crippen molar-refractivity contribution in [3.63, 3.8) is 0 Å². The monoisotopic (exact) mass is 541 g/mol. The Morgan fingerprint density at radius 3 is 2.87 bits per heavy atom. The molecule has 2 aromatic rings. The maximum Gasteiger partial charge on any atom is 0.401 e. The van der Waals surface area contributed by atoms with E-state index >= 15 is 0 Å². The summed E-state index contributed by atoms with van der Waals surface area (Å²) >= 11 is 0. The summed E-state index contributed by atoms with van der Waals surface area (Å²) in [6.07, 6.45) is -0.327. The van der Waals surface area contributed by atoms with E-state index < -0.39 is 12.7 Å². The molecule has 0 saturated carbocycles. The van der Waals surface area contributed by atoms with E-state index in [4.69, 9.17) is 0 Å². The summed E-state index contributed by atoms with van der Waals surface area (Å²) in [4.78, 5) is 14.4. The zero-order valence-electron chi connectivity index (χ0n) is 16.9. The van der Waals surface area contributed by atoms with E-state index in [1.165, 1.54) is 11.2 Å². The van der Waals surface area contributed by atoms with Gasteiger partial charge in [0.15, 0.2) is 11.6 Å². The first-order valence-corrected chi connectivity index (χ1v) is 9.56. The SMILES string of the molecule is CCNC(=NCCNc1ncnc2c1cnn2C)NC1CCN(CC(F)(F)F)C1.I. The molecule has 9 nitrogen and oxygen atoms in total. The van der Waals surface area contributed by atoms with E-state index in [-0.39, 0.29) is 30.0 Å². The second kappa shape index (κ2) is 10.9. The molecule has 0 bridgehead atoms. The van der Waals surface area contributed by atoms with Crippen LogP contribution in [0.25, 0.3) is 11.0 Å². The van der Waals surface area contributed by atoms with Crippen LogP contribution in [-0.4, -0.2) is 82.1 Å². The Labute approximate surface area is 189 Å². The molecule has 1 aliphatic heterocycles. The first-order valence-electron chi connectivity index (χ1n) is 9.56. The number of rotatable bonds is 7. The molecule has 1 unspecified atom stereocenters. The average molecular weight is 541 g/mol. The van der Waals surface area contributed by atoms with Crippen LogP contribution in [0.4, 0.5) is 19.0 Å². The molecule has 0 spiro atoms. The fourth-order valence-electron chi connectivity index (χ4n) is 3.31. The normalized spacial score (nSPS) is 17.8. The van der Waals surface area contributed by atoms with Crippen LogP contribution in [0, 0.1) is 0 Å². The third-order valence-corrected chi connectivity index (χ3v) is 4.56. The smallest absolute Gasteiger partial charge is 0.367 e. The summed E-state index contributed by atoms with van der Waals surface area (Å²) in [6.45, 7) is 3.53. The van der Waals surface area contributed by atoms with Crippen molar-refractivity contribution < 1.29 is 13.2 Å². The minimum Gasteiger partial charge on any atom is -0.367 e. The molecule has 0 amide bonds. The number of nitrogens with zero attached hydrogens (tertiary/aromatic N) is 6. The molecule has 1 atom stereocenters. The van der Waals surface area contributed by atoms with Gasteiger partial charge in [0.2, 0.25) is 0 Å². The van der Waals surface area contributed by atoms with Crippen LogP contribution in [0.15, 0.2) is 17.5 Å². The summed E-state index contributed by atoms with van der Waals surface area (Å²) in [5.41, 5.74) is 0.741. The Balaban J connectivity index is 0.00000320. The predicted octanol–water partition coefficient (Wildman–Crippen LogP) is 1.58. The van der Waals surface area contributed by atoms with Gasteiger partial charge in [-0.15, -0.1) is 24.0 Å². The standard InChI is InChI=1S/C17H26F3N9.HI/c1-3-21-16(27-12-4-7-29(9-12)10-17(18,19)20)23-6-5-22-14-13-8-26-28(2)15(13)25-11-24-14;/h8,11-12H,3-7,9-10H2,1-2H3,(H2,21,23,27)(H,22,24,25);1H. The lowest BCUT2D eigenvalue weighted by molar-refractivity contribution is -0.143. The molecule has 1 aliphatic rings. The quantitative estimate of drug-likeness (QED) is 0.212. The number of alkyl halides is 3. The van der Waals surface area contributed by atoms with Gasteiger partial charge in [-0.2, -0.15) is 18.3 Å². The van der Waals surface area contributed by atoms with Gasteiger partial charge in [0.25, 0.3) is 0 Å². The maximum absolute atomic E-state index is 12.5. The van der Waals surface area contributed by atoms with E-state index in [9.17, 15) is 13.2 Å². The number of nitrogens with one attached hydrogen (secondary N) is 3. The molecule has 3 heterocycles. The van der Waals surface area contributed by atoms with Crippen molar-refractivity contribution in [1.29, 1.82) is 0 Å². The molecule has 0 aromatic carbocycles. The maximum atomic E-state index is 12.5. The lowest BCUT2D eigenvalue weighted by Gasteiger charge is -2.19. The molecule has 0 aliphatic carbocycles. The van der Waals surface area contributed by atoms with Crippen LogP contribution >= 0.6 is 24.0 Å². The molecule has 30 heavy (non-hydrogen) atoms. The number of aliphatic imine (C=N–C) groups is 1. The zero-order chi connectivity index (χ0) is 20.9. The van der Waals surface area contributed by atoms with Crippen LogP contribution in [0.1, 0.15) is 13.3 Å². The van der Waals surface area contributed by atoms with Gasteiger partial charge in [0.05, 0.1) is 24.7 Å². The van der Waals surface area contributed by atoms with Crippen LogP contribution in [0.2, 0.25) is 0 Å². The molecule has 1 saturated heterocycles. The van der Waals surface area contributed by atoms with Gasteiger partial charge in [-0.3, -0.25) is 14.6 Å². The van der Waals surface area contributed by atoms with E-state index in [1.807, 2.05) is 14.0 Å². The Bertz CT molecular complexity index is 839. The van der Waals surface area contributed by atoms with Gasteiger partial charge in [-0.25, -0.2) is 9.97 Å². The largest absolute Gasteiger partial charge is 0.401 e. The fourth-order valence-corrected chi connectivity index (χ4v) is 3.31. The summed E-state index contributed by atoms with van der Waals surface area (Å²) in [5.74, 6) is 1.29. The Morgan fingerprint density at radius 1 is 1.33 bits per heavy atom. The highest BCUT2D eigenvalue weighted by Crippen LogP contribution is 2.20. The molecule has 168 valence electrons. The minimum atomic E-state index is -4.17. The molecule has 13 heteroatoms. The molecule has 0 radical (unpaired) electrons. The van der Waals surface area contributed by atoms with E-state index in [1.54, 1.807) is 10.9 Å². The van der Waals surface area contributed by atoms with Crippen molar-refractivity contribution in [2.45, 2.75) is 25.6 Å². The number of hydrogen-bond donors (Lipinski definition) is 3. The number of halogens is 4.